The lowest BCUT2D eigenvalue weighted by Gasteiger charge is -2.38. The Morgan fingerprint density at radius 1 is 1.02 bits per heavy atom. The first-order valence-electron chi connectivity index (χ1n) is 15.2. The van der Waals surface area contributed by atoms with E-state index >= 15 is 0 Å². The van der Waals surface area contributed by atoms with E-state index in [4.69, 9.17) is 18.9 Å². The zero-order valence-corrected chi connectivity index (χ0v) is 24.7. The van der Waals surface area contributed by atoms with Crippen molar-refractivity contribution >= 4 is 12.1 Å². The Hall–Kier alpha value is -3.65. The van der Waals surface area contributed by atoms with Gasteiger partial charge in [-0.15, -0.1) is 0 Å². The summed E-state index contributed by atoms with van der Waals surface area (Å²) in [6, 6.07) is 17.6. The molecule has 0 aliphatic heterocycles. The minimum atomic E-state index is -1.20. The molecule has 2 aliphatic rings. The Morgan fingerprint density at radius 3 is 2.55 bits per heavy atom. The van der Waals surface area contributed by atoms with Gasteiger partial charge in [0.1, 0.15) is 23.6 Å². The van der Waals surface area contributed by atoms with Crippen LogP contribution in [0.15, 0.2) is 59.0 Å². The van der Waals surface area contributed by atoms with Crippen LogP contribution in [-0.2, 0) is 27.5 Å². The number of oxazole rings is 1. The molecule has 1 aromatic heterocycles. The number of rotatable bonds is 11. The SMILES string of the molecule is Cc1cccc(-c2nc(CO[C@@H]3CCC[C@H](CCN(C(=O)OCc4ccccc4)C4(C(=O)O)CCCC4)C3)c(C)o2)c1. The van der Waals surface area contributed by atoms with Gasteiger partial charge in [0.05, 0.1) is 12.7 Å². The summed E-state index contributed by atoms with van der Waals surface area (Å²) in [6.45, 7) is 4.84. The number of carboxylic acids is 1. The van der Waals surface area contributed by atoms with Crippen molar-refractivity contribution in [2.75, 3.05) is 6.54 Å². The van der Waals surface area contributed by atoms with Gasteiger partial charge in [0, 0.05) is 12.1 Å². The smallest absolute Gasteiger partial charge is 0.411 e. The van der Waals surface area contributed by atoms with E-state index in [1.165, 1.54) is 4.90 Å². The van der Waals surface area contributed by atoms with Crippen LogP contribution in [-0.4, -0.2) is 45.2 Å². The predicted molar refractivity (Wildman–Crippen MR) is 159 cm³/mol. The van der Waals surface area contributed by atoms with Crippen LogP contribution in [0.3, 0.4) is 0 Å². The molecule has 3 aromatic rings. The van der Waals surface area contributed by atoms with Crippen molar-refractivity contribution in [2.24, 2.45) is 5.92 Å². The van der Waals surface area contributed by atoms with Crippen molar-refractivity contribution in [3.63, 3.8) is 0 Å². The molecule has 2 fully saturated rings. The first kappa shape index (κ1) is 29.8. The van der Waals surface area contributed by atoms with Crippen LogP contribution in [0.1, 0.15) is 80.4 Å². The number of nitrogens with zero attached hydrogens (tertiary/aromatic N) is 2. The minimum absolute atomic E-state index is 0.0840. The third-order valence-corrected chi connectivity index (χ3v) is 8.88. The van der Waals surface area contributed by atoms with Crippen LogP contribution in [0.2, 0.25) is 0 Å². The van der Waals surface area contributed by atoms with Gasteiger partial charge in [-0.25, -0.2) is 14.6 Å². The molecular weight excluding hydrogens is 532 g/mol. The summed E-state index contributed by atoms with van der Waals surface area (Å²) in [5.41, 5.74) is 2.60. The second kappa shape index (κ2) is 13.6. The highest BCUT2D eigenvalue weighted by molar-refractivity contribution is 5.84. The predicted octanol–water partition coefficient (Wildman–Crippen LogP) is 7.46. The lowest BCUT2D eigenvalue weighted by atomic mass is 9.84. The standard InChI is InChI=1S/C34H42N2O6/c1-24-10-8-14-28(20-24)31-35-30(25(2)42-31)23-40-29-15-9-13-26(21-29)16-19-36(34(32(37)38)17-6-7-18-34)33(39)41-22-27-11-4-3-5-12-27/h3-5,8,10-12,14,20,26,29H,6-7,9,13,15-19,21-23H2,1-2H3,(H,37,38)/t26-,29-/m1/s1. The van der Waals surface area contributed by atoms with Crippen LogP contribution >= 0.6 is 0 Å². The van der Waals surface area contributed by atoms with E-state index in [1.807, 2.05) is 62.4 Å². The van der Waals surface area contributed by atoms with Crippen LogP contribution < -0.4 is 0 Å². The van der Waals surface area contributed by atoms with Gasteiger partial charge < -0.3 is 19.0 Å². The summed E-state index contributed by atoms with van der Waals surface area (Å²) >= 11 is 0. The zero-order valence-electron chi connectivity index (χ0n) is 24.7. The Kier molecular flexibility index (Phi) is 9.62. The number of ether oxygens (including phenoxy) is 2. The fourth-order valence-electron chi connectivity index (χ4n) is 6.46. The number of carbonyl (C=O) groups excluding carboxylic acids is 1. The molecule has 0 saturated heterocycles. The van der Waals surface area contributed by atoms with Gasteiger partial charge >= 0.3 is 12.1 Å². The average Bonchev–Trinajstić information content (AvgIpc) is 3.64. The second-order valence-electron chi connectivity index (χ2n) is 11.9. The summed E-state index contributed by atoms with van der Waals surface area (Å²) in [5, 5.41) is 10.3. The van der Waals surface area contributed by atoms with E-state index in [-0.39, 0.29) is 12.7 Å². The van der Waals surface area contributed by atoms with Crippen LogP contribution in [0.5, 0.6) is 0 Å². The van der Waals surface area contributed by atoms with Crippen molar-refractivity contribution in [1.29, 1.82) is 0 Å². The van der Waals surface area contributed by atoms with Crippen LogP contribution in [0, 0.1) is 19.8 Å². The van der Waals surface area contributed by atoms with E-state index < -0.39 is 17.6 Å². The lowest BCUT2D eigenvalue weighted by Crippen LogP contribution is -2.56. The monoisotopic (exact) mass is 574 g/mol. The van der Waals surface area contributed by atoms with Gasteiger partial charge in [0.25, 0.3) is 0 Å². The molecule has 1 N–H and O–H groups in total. The van der Waals surface area contributed by atoms with Gasteiger partial charge in [-0.3, -0.25) is 4.90 Å². The molecule has 0 bridgehead atoms. The number of aliphatic carboxylic acids is 1. The van der Waals surface area contributed by atoms with Crippen molar-refractivity contribution in [2.45, 2.75) is 96.5 Å². The fourth-order valence-corrected chi connectivity index (χ4v) is 6.46. The molecule has 224 valence electrons. The van der Waals surface area contributed by atoms with E-state index in [1.54, 1.807) is 0 Å². The number of hydrogen-bond acceptors (Lipinski definition) is 6. The quantitative estimate of drug-likeness (QED) is 0.254. The largest absolute Gasteiger partial charge is 0.479 e. The molecular formula is C34H42N2O6. The lowest BCUT2D eigenvalue weighted by molar-refractivity contribution is -0.150. The molecule has 0 unspecified atom stereocenters. The Labute approximate surface area is 248 Å². The normalized spacial score (nSPS) is 19.9. The number of benzene rings is 2. The van der Waals surface area contributed by atoms with Crippen molar-refractivity contribution < 1.29 is 28.6 Å². The van der Waals surface area contributed by atoms with Gasteiger partial charge in [-0.05, 0) is 69.6 Å². The van der Waals surface area contributed by atoms with Crippen LogP contribution in [0.25, 0.3) is 11.5 Å². The number of amides is 1. The molecule has 2 aliphatic carbocycles. The summed E-state index contributed by atoms with van der Waals surface area (Å²) in [6.07, 6.45) is 6.67. The van der Waals surface area contributed by atoms with E-state index in [2.05, 4.69) is 6.07 Å². The molecule has 1 amide bonds. The number of carbonyl (C=O) groups is 2. The average molecular weight is 575 g/mol. The second-order valence-corrected chi connectivity index (χ2v) is 11.9. The van der Waals surface area contributed by atoms with E-state index in [0.717, 1.165) is 73.1 Å². The highest BCUT2D eigenvalue weighted by Crippen LogP contribution is 2.38. The molecule has 2 aromatic carbocycles. The van der Waals surface area contributed by atoms with E-state index in [9.17, 15) is 14.7 Å². The summed E-state index contributed by atoms with van der Waals surface area (Å²) in [4.78, 5) is 32.1. The Morgan fingerprint density at radius 2 is 1.81 bits per heavy atom. The topological polar surface area (TPSA) is 102 Å². The third-order valence-electron chi connectivity index (χ3n) is 8.88. The molecule has 8 heteroatoms. The number of aromatic nitrogens is 1. The van der Waals surface area contributed by atoms with Gasteiger partial charge in [0.15, 0.2) is 0 Å². The summed E-state index contributed by atoms with van der Waals surface area (Å²) in [7, 11) is 0. The van der Waals surface area contributed by atoms with Crippen molar-refractivity contribution in [3.8, 4) is 11.5 Å². The van der Waals surface area contributed by atoms with E-state index in [0.29, 0.717) is 37.8 Å². The number of aryl methyl sites for hydroxylation is 2. The number of hydrogen-bond donors (Lipinski definition) is 1. The summed E-state index contributed by atoms with van der Waals surface area (Å²) in [5.74, 6) is 0.769. The molecule has 42 heavy (non-hydrogen) atoms. The molecule has 2 saturated carbocycles. The van der Waals surface area contributed by atoms with Gasteiger partial charge in [-0.2, -0.15) is 0 Å². The summed E-state index contributed by atoms with van der Waals surface area (Å²) < 4.78 is 17.9. The highest BCUT2D eigenvalue weighted by Gasteiger charge is 2.49. The maximum atomic E-state index is 13.4. The zero-order chi connectivity index (χ0) is 29.5. The Balaban J connectivity index is 1.19. The first-order chi connectivity index (χ1) is 20.3. The molecule has 1 heterocycles. The maximum Gasteiger partial charge on any atom is 0.411 e. The third kappa shape index (κ3) is 7.04. The maximum absolute atomic E-state index is 13.4. The first-order valence-corrected chi connectivity index (χ1v) is 15.2. The fraction of sp³-hybridized carbons (Fsp3) is 0.500. The molecule has 2 atom stereocenters. The Bertz CT molecular complexity index is 1350. The van der Waals surface area contributed by atoms with Gasteiger partial charge in [-0.1, -0.05) is 73.7 Å². The highest BCUT2D eigenvalue weighted by atomic mass is 16.6. The molecule has 0 spiro atoms. The molecule has 8 nitrogen and oxygen atoms in total. The minimum Gasteiger partial charge on any atom is -0.479 e. The molecule has 0 radical (unpaired) electrons. The van der Waals surface area contributed by atoms with Crippen LogP contribution in [0.4, 0.5) is 4.79 Å². The van der Waals surface area contributed by atoms with Gasteiger partial charge in [0.2, 0.25) is 5.89 Å². The number of carboxylic acid groups (broad SMARTS) is 1. The molecule has 5 rings (SSSR count). The van der Waals surface area contributed by atoms with Crippen molar-refractivity contribution in [1.82, 2.24) is 9.88 Å². The van der Waals surface area contributed by atoms with Crippen molar-refractivity contribution in [3.05, 3.63) is 77.2 Å².